The number of para-hydroxylation sites is 3. The predicted octanol–water partition coefficient (Wildman–Crippen LogP) is 24.4. The first-order chi connectivity index (χ1) is 59.1. The van der Waals surface area contributed by atoms with Crippen molar-refractivity contribution in [1.29, 1.82) is 0 Å². The van der Waals surface area contributed by atoms with Gasteiger partial charge in [0.05, 0.1) is 68.2 Å². The first kappa shape index (κ1) is 81.6. The number of aryl methyl sites for hydroxylation is 11. The second kappa shape index (κ2) is 30.3. The number of pyridine rings is 2. The zero-order chi connectivity index (χ0) is 87.4. The lowest BCUT2D eigenvalue weighted by molar-refractivity contribution is 0.143. The lowest BCUT2D eigenvalue weighted by Crippen LogP contribution is -2.47. The summed E-state index contributed by atoms with van der Waals surface area (Å²) in [4.78, 5) is 32.7. The minimum atomic E-state index is -0.215. The van der Waals surface area contributed by atoms with E-state index < -0.39 is 0 Å². The number of hydrogen-bond acceptors (Lipinski definition) is 16. The molecule has 21 rings (SSSR count). The molecule has 14 heterocycles. The number of hydrogen-bond donors (Lipinski definition) is 0. The number of imidazole rings is 1. The van der Waals surface area contributed by atoms with Crippen LogP contribution in [-0.2, 0) is 50.3 Å². The Kier molecular flexibility index (Phi) is 20.0. The zero-order valence-corrected chi connectivity index (χ0v) is 76.0. The fourth-order valence-corrected chi connectivity index (χ4v) is 20.3. The quantitative estimate of drug-likeness (QED) is 0.114. The van der Waals surface area contributed by atoms with Crippen molar-refractivity contribution in [3.05, 3.63) is 300 Å². The fraction of sp³-hybridized carbons (Fsp3) is 0.308. The first-order valence-electron chi connectivity index (χ1n) is 43.2. The second-order valence-electron chi connectivity index (χ2n) is 36.4. The van der Waals surface area contributed by atoms with Crippen molar-refractivity contribution in [1.82, 2.24) is 58.0 Å². The molecule has 0 saturated carbocycles. The van der Waals surface area contributed by atoms with Crippen LogP contribution in [-0.4, -0.2) is 82.7 Å². The molecule has 0 saturated heterocycles. The molecule has 0 N–H and O–H groups in total. The molecule has 17 aromatic rings. The van der Waals surface area contributed by atoms with Crippen molar-refractivity contribution in [2.75, 3.05) is 19.6 Å². The number of furan rings is 4. The molecule has 0 fully saturated rings. The van der Waals surface area contributed by atoms with E-state index in [1.54, 1.807) is 0 Å². The molecule has 20 heteroatoms. The number of anilines is 4. The largest absolute Gasteiger partial charge is 0.454 e. The molecule has 7 aromatic carbocycles. The summed E-state index contributed by atoms with van der Waals surface area (Å²) >= 11 is 0. The molecule has 0 unspecified atom stereocenters. The van der Waals surface area contributed by atoms with E-state index in [1.165, 1.54) is 55.9 Å². The third kappa shape index (κ3) is 13.2. The highest BCUT2D eigenvalue weighted by molar-refractivity contribution is 6.12. The Morgan fingerprint density at radius 3 is 1.08 bits per heavy atom. The molecular formula is C104H114N16O4. The lowest BCUT2D eigenvalue weighted by Gasteiger charge is -2.42. The third-order valence-electron chi connectivity index (χ3n) is 27.1. The van der Waals surface area contributed by atoms with Crippen molar-refractivity contribution >= 4 is 122 Å². The zero-order valence-electron chi connectivity index (χ0n) is 76.0. The van der Waals surface area contributed by atoms with E-state index in [0.717, 1.165) is 122 Å². The molecule has 0 aliphatic carbocycles. The number of aromatic nitrogens is 8. The Labute approximate surface area is 726 Å². The van der Waals surface area contributed by atoms with Gasteiger partial charge in [-0.15, -0.1) is 0 Å². The second-order valence-corrected chi connectivity index (χ2v) is 36.4. The van der Waals surface area contributed by atoms with Crippen LogP contribution in [0.25, 0.3) is 98.9 Å². The summed E-state index contributed by atoms with van der Waals surface area (Å²) in [7, 11) is 8.37. The van der Waals surface area contributed by atoms with E-state index in [0.29, 0.717) is 11.4 Å². The summed E-state index contributed by atoms with van der Waals surface area (Å²) in [6.45, 7) is 43.8. The molecule has 0 amide bonds. The molecule has 4 aliphatic heterocycles. The molecule has 0 radical (unpaired) electrons. The van der Waals surface area contributed by atoms with E-state index in [4.69, 9.17) is 17.7 Å². The highest BCUT2D eigenvalue weighted by atomic mass is 16.3. The van der Waals surface area contributed by atoms with Crippen molar-refractivity contribution in [3.8, 4) is 0 Å². The fourth-order valence-electron chi connectivity index (χ4n) is 20.3. The molecule has 10 aromatic heterocycles. The number of benzene rings is 7. The van der Waals surface area contributed by atoms with Gasteiger partial charge in [-0.05, 0) is 233 Å². The van der Waals surface area contributed by atoms with Gasteiger partial charge in [-0.2, -0.15) is 5.10 Å². The molecule has 20 nitrogen and oxygen atoms in total. The molecule has 0 bridgehead atoms. The Balaban J connectivity index is 0.000000113. The van der Waals surface area contributed by atoms with E-state index in [-0.39, 0.29) is 46.8 Å². The van der Waals surface area contributed by atoms with Gasteiger partial charge in [0.25, 0.3) is 0 Å². The van der Waals surface area contributed by atoms with Crippen LogP contribution in [0.3, 0.4) is 0 Å². The van der Waals surface area contributed by atoms with Gasteiger partial charge >= 0.3 is 0 Å². The maximum Gasteiger partial charge on any atom is 0.227 e. The van der Waals surface area contributed by atoms with Gasteiger partial charge in [0.15, 0.2) is 22.3 Å². The van der Waals surface area contributed by atoms with Gasteiger partial charge in [0.1, 0.15) is 41.7 Å². The molecule has 0 spiro atoms. The molecule has 634 valence electrons. The molecular weight excluding hydrogens is 1540 g/mol. The van der Waals surface area contributed by atoms with Crippen LogP contribution in [0.15, 0.2) is 250 Å². The average Bonchev–Trinajstić information content (AvgIpc) is 1.59. The van der Waals surface area contributed by atoms with E-state index in [2.05, 4.69) is 394 Å². The van der Waals surface area contributed by atoms with Crippen LogP contribution in [0.1, 0.15) is 151 Å². The van der Waals surface area contributed by atoms with Crippen molar-refractivity contribution in [3.63, 3.8) is 0 Å². The van der Waals surface area contributed by atoms with Gasteiger partial charge in [-0.1, -0.05) is 103 Å². The van der Waals surface area contributed by atoms with Crippen molar-refractivity contribution in [2.45, 2.75) is 185 Å². The van der Waals surface area contributed by atoms with Gasteiger partial charge in [-0.3, -0.25) is 4.68 Å². The summed E-state index contributed by atoms with van der Waals surface area (Å²) in [5, 5.41) is 14.8. The lowest BCUT2D eigenvalue weighted by atomic mass is 9.97. The molecule has 4 atom stereocenters. The molecule has 124 heavy (non-hydrogen) atoms. The highest BCUT2D eigenvalue weighted by Gasteiger charge is 2.44. The van der Waals surface area contributed by atoms with Crippen LogP contribution in [0.4, 0.5) is 22.7 Å². The van der Waals surface area contributed by atoms with Crippen LogP contribution < -0.4 is 19.6 Å². The first-order valence-corrected chi connectivity index (χ1v) is 43.2. The summed E-state index contributed by atoms with van der Waals surface area (Å²) in [5.41, 5.74) is 24.6. The van der Waals surface area contributed by atoms with Crippen LogP contribution in [0.2, 0.25) is 0 Å². The summed E-state index contributed by atoms with van der Waals surface area (Å²) in [6.07, 6.45) is 22.1. The van der Waals surface area contributed by atoms with Crippen LogP contribution >= 0.6 is 0 Å². The van der Waals surface area contributed by atoms with E-state index in [9.17, 15) is 0 Å². The summed E-state index contributed by atoms with van der Waals surface area (Å²) in [6, 6.07) is 59.6. The number of fused-ring (bicyclic) bond motifs is 13. The number of nitrogens with zero attached hydrogens (tertiary/aromatic N) is 16. The van der Waals surface area contributed by atoms with Crippen LogP contribution in [0.5, 0.6) is 0 Å². The van der Waals surface area contributed by atoms with Gasteiger partial charge in [0.2, 0.25) is 11.4 Å². The highest BCUT2D eigenvalue weighted by Crippen LogP contribution is 2.49. The van der Waals surface area contributed by atoms with Crippen molar-refractivity contribution < 1.29 is 17.7 Å². The predicted molar refractivity (Wildman–Crippen MR) is 507 cm³/mol. The van der Waals surface area contributed by atoms with Crippen LogP contribution in [0, 0.1) is 55.4 Å². The van der Waals surface area contributed by atoms with Gasteiger partial charge in [-0.25, -0.2) is 15.0 Å². The minimum Gasteiger partial charge on any atom is -0.454 e. The maximum atomic E-state index is 6.36. The van der Waals surface area contributed by atoms with Gasteiger partial charge in [0, 0.05) is 155 Å². The van der Waals surface area contributed by atoms with Gasteiger partial charge < -0.3 is 70.6 Å². The normalized spacial score (nSPS) is 16.9. The topological polar surface area (TPSA) is 150 Å². The number of rotatable bonds is 12. The van der Waals surface area contributed by atoms with E-state index >= 15 is 0 Å². The Bertz CT molecular complexity index is 7020. The van der Waals surface area contributed by atoms with Crippen molar-refractivity contribution in [2.24, 2.45) is 28.2 Å². The SMILES string of the molecule is Cc1cc(C(C)(C)N2C=CN(c3c(C)ccc4c3oc3ccccc34)[C@H]2C)n(C)n1.Cc1ccc2c(n1)oc1c(N3C=CN(C(C)(C)c4cc5ccccc5n4C)[C@@H]3C)c(C)ccc12.Cc1ccc2c(n1)oc1c(N3C=CN(C(C)(C)c4cccn4C)[C@@H]3C)c(C)ccc12.Cc1ccc2c(oc3ccccc32)c1N1C=CN(C(C)(C)c2cnc(C)n2C)[C@@H]1C. The maximum absolute atomic E-state index is 6.36. The Morgan fingerprint density at radius 2 is 0.694 bits per heavy atom. The Morgan fingerprint density at radius 1 is 0.323 bits per heavy atom. The Hall–Kier alpha value is -13.4. The third-order valence-corrected chi connectivity index (χ3v) is 27.1. The average molecular weight is 1650 g/mol. The summed E-state index contributed by atoms with van der Waals surface area (Å²) < 4.78 is 34.0. The standard InChI is InChI=1S/C29H30N4O.3C25H28N4O/c1-18-11-13-22-23-14-12-19(2)30-28(23)34-27(22)26(18)32-15-16-33(20(32)3)29(4,5)25-17-21-9-7-8-10-24(21)31(25)6;1-16-9-11-19-20-12-10-17(2)26-24(20)30-23(19)22(16)28-14-15-29(18(28)3)25(4,5)21-8-7-13-27(21)6;1-16-11-12-20-19-9-7-8-10-21(19)30-24(20)23(16)28-13-14-29(18(28)3)25(4,5)22-15-26-17(2)27(22)6;1-16-11-12-20-19-9-7-8-10-21(19)30-24(20)23(16)28-13-14-29(18(28)3)25(4,5)22-15-17(2)26-27(22)6/h7-17,20H,1-6H3;3*7-15,18H,1-6H3/t20-;3*18-/m1111/s1. The summed E-state index contributed by atoms with van der Waals surface area (Å²) in [5.74, 6) is 1.02. The molecule has 4 aliphatic rings. The smallest absolute Gasteiger partial charge is 0.227 e. The monoisotopic (exact) mass is 1650 g/mol. The minimum absolute atomic E-state index is 0.111. The van der Waals surface area contributed by atoms with E-state index in [1.807, 2.05) is 82.0 Å².